The van der Waals surface area contributed by atoms with Gasteiger partial charge in [0, 0.05) is 24.2 Å². The molecule has 0 radical (unpaired) electrons. The number of Topliss-reactive ketones (excluding diaryl/α,β-unsaturated/α-hetero) is 1. The minimum atomic E-state index is -0.171. The zero-order chi connectivity index (χ0) is 11.3. The Balaban J connectivity index is 2.71. The van der Waals surface area contributed by atoms with E-state index in [1.807, 2.05) is 0 Å². The maximum absolute atomic E-state index is 11.4. The number of carbonyl (C=O) groups excluding carboxylic acids is 2. The van der Waals surface area contributed by atoms with E-state index >= 15 is 0 Å². The Morgan fingerprint density at radius 1 is 1.20 bits per heavy atom. The summed E-state index contributed by atoms with van der Waals surface area (Å²) < 4.78 is 0. The number of carbonyl (C=O) groups is 2. The van der Waals surface area contributed by atoms with Crippen LogP contribution < -0.4 is 11.1 Å². The molecule has 0 saturated heterocycles. The highest BCUT2D eigenvalue weighted by molar-refractivity contribution is 5.97. The molecule has 0 fully saturated rings. The third-order valence-electron chi connectivity index (χ3n) is 1.98. The van der Waals surface area contributed by atoms with Crippen molar-refractivity contribution in [3.05, 3.63) is 35.4 Å². The van der Waals surface area contributed by atoms with Gasteiger partial charge in [-0.05, 0) is 19.1 Å². The van der Waals surface area contributed by atoms with Gasteiger partial charge in [0.25, 0.3) is 5.91 Å². The van der Waals surface area contributed by atoms with E-state index in [1.54, 1.807) is 24.3 Å². The number of rotatable bonds is 4. The molecule has 0 aliphatic carbocycles. The summed E-state index contributed by atoms with van der Waals surface area (Å²) in [7, 11) is 0. The van der Waals surface area contributed by atoms with E-state index < -0.39 is 0 Å². The monoisotopic (exact) mass is 206 g/mol. The fourth-order valence-electron chi connectivity index (χ4n) is 1.14. The summed E-state index contributed by atoms with van der Waals surface area (Å²) in [6.45, 7) is 2.36. The zero-order valence-electron chi connectivity index (χ0n) is 8.62. The molecule has 0 atom stereocenters. The van der Waals surface area contributed by atoms with Crippen LogP contribution in [0.3, 0.4) is 0 Å². The molecule has 1 rings (SSSR count). The maximum Gasteiger partial charge on any atom is 0.251 e. The molecule has 0 spiro atoms. The van der Waals surface area contributed by atoms with Crippen molar-refractivity contribution >= 4 is 11.7 Å². The zero-order valence-corrected chi connectivity index (χ0v) is 8.62. The van der Waals surface area contributed by atoms with Crippen molar-refractivity contribution in [2.24, 2.45) is 5.73 Å². The molecule has 4 heteroatoms. The standard InChI is InChI=1S/C11H14N2O2/c1-8(14)9-2-4-10(5-3-9)11(15)13-7-6-12/h2-5H,6-7,12H2,1H3,(H,13,15). The second-order valence-electron chi connectivity index (χ2n) is 3.18. The minimum Gasteiger partial charge on any atom is -0.351 e. The van der Waals surface area contributed by atoms with Gasteiger partial charge >= 0.3 is 0 Å². The van der Waals surface area contributed by atoms with Crippen LogP contribution in [0.25, 0.3) is 0 Å². The molecule has 1 amide bonds. The lowest BCUT2D eigenvalue weighted by Crippen LogP contribution is -2.28. The van der Waals surface area contributed by atoms with Crippen molar-refractivity contribution in [2.75, 3.05) is 13.1 Å². The van der Waals surface area contributed by atoms with E-state index in [0.29, 0.717) is 24.2 Å². The van der Waals surface area contributed by atoms with Crippen LogP contribution in [0.4, 0.5) is 0 Å². The summed E-state index contributed by atoms with van der Waals surface area (Å²) in [4.78, 5) is 22.4. The van der Waals surface area contributed by atoms with Crippen LogP contribution in [0, 0.1) is 0 Å². The third-order valence-corrected chi connectivity index (χ3v) is 1.98. The Morgan fingerprint density at radius 2 is 1.73 bits per heavy atom. The van der Waals surface area contributed by atoms with Crippen LogP contribution in [-0.2, 0) is 0 Å². The normalized spacial score (nSPS) is 9.73. The summed E-state index contributed by atoms with van der Waals surface area (Å²) in [6.07, 6.45) is 0. The number of ketones is 1. The van der Waals surface area contributed by atoms with Gasteiger partial charge in [-0.3, -0.25) is 9.59 Å². The SMILES string of the molecule is CC(=O)c1ccc(C(=O)NCCN)cc1. The highest BCUT2D eigenvalue weighted by Crippen LogP contribution is 2.04. The molecule has 0 unspecified atom stereocenters. The van der Waals surface area contributed by atoms with Gasteiger partial charge < -0.3 is 11.1 Å². The first-order chi connectivity index (χ1) is 7.15. The minimum absolute atomic E-state index is 0.0103. The maximum atomic E-state index is 11.4. The Morgan fingerprint density at radius 3 is 2.20 bits per heavy atom. The average Bonchev–Trinajstić information content (AvgIpc) is 2.26. The van der Waals surface area contributed by atoms with Crippen LogP contribution in [-0.4, -0.2) is 24.8 Å². The van der Waals surface area contributed by atoms with Gasteiger partial charge in [0.05, 0.1) is 0 Å². The van der Waals surface area contributed by atoms with Crippen LogP contribution >= 0.6 is 0 Å². The summed E-state index contributed by atoms with van der Waals surface area (Å²) in [5.74, 6) is -0.181. The number of amides is 1. The van der Waals surface area contributed by atoms with Crippen LogP contribution in [0.2, 0.25) is 0 Å². The fourth-order valence-corrected chi connectivity index (χ4v) is 1.14. The van der Waals surface area contributed by atoms with Crippen molar-refractivity contribution in [1.29, 1.82) is 0 Å². The van der Waals surface area contributed by atoms with E-state index in [-0.39, 0.29) is 11.7 Å². The van der Waals surface area contributed by atoms with E-state index in [4.69, 9.17) is 5.73 Å². The third kappa shape index (κ3) is 3.18. The van der Waals surface area contributed by atoms with Gasteiger partial charge in [0.1, 0.15) is 0 Å². The molecule has 0 aliphatic heterocycles. The summed E-state index contributed by atoms with van der Waals surface area (Å²) >= 11 is 0. The van der Waals surface area contributed by atoms with Crippen molar-refractivity contribution in [3.63, 3.8) is 0 Å². The number of hydrogen-bond donors (Lipinski definition) is 2. The van der Waals surface area contributed by atoms with Gasteiger partial charge in [0.15, 0.2) is 5.78 Å². The second kappa shape index (κ2) is 5.26. The van der Waals surface area contributed by atoms with Gasteiger partial charge in [0.2, 0.25) is 0 Å². The number of nitrogens with two attached hydrogens (primary N) is 1. The van der Waals surface area contributed by atoms with E-state index in [1.165, 1.54) is 6.92 Å². The van der Waals surface area contributed by atoms with Crippen LogP contribution in [0.1, 0.15) is 27.6 Å². The quantitative estimate of drug-likeness (QED) is 0.708. The predicted octanol–water partition coefficient (Wildman–Crippen LogP) is 0.578. The van der Waals surface area contributed by atoms with Gasteiger partial charge in [-0.1, -0.05) is 12.1 Å². The van der Waals surface area contributed by atoms with E-state index in [2.05, 4.69) is 5.32 Å². The molecule has 1 aromatic rings. The lowest BCUT2D eigenvalue weighted by molar-refractivity contribution is 0.0952. The summed E-state index contributed by atoms with van der Waals surface area (Å²) in [5, 5.41) is 2.65. The highest BCUT2D eigenvalue weighted by Gasteiger charge is 2.05. The second-order valence-corrected chi connectivity index (χ2v) is 3.18. The summed E-state index contributed by atoms with van der Waals surface area (Å²) in [5.41, 5.74) is 6.40. The number of hydrogen-bond acceptors (Lipinski definition) is 3. The van der Waals surface area contributed by atoms with Crippen molar-refractivity contribution < 1.29 is 9.59 Å². The smallest absolute Gasteiger partial charge is 0.251 e. The van der Waals surface area contributed by atoms with Crippen LogP contribution in [0.15, 0.2) is 24.3 Å². The highest BCUT2D eigenvalue weighted by atomic mass is 16.1. The number of benzene rings is 1. The Kier molecular flexibility index (Phi) is 4.00. The number of nitrogens with one attached hydrogen (secondary N) is 1. The molecule has 15 heavy (non-hydrogen) atoms. The van der Waals surface area contributed by atoms with Gasteiger partial charge in [-0.2, -0.15) is 0 Å². The predicted molar refractivity (Wildman–Crippen MR) is 57.8 cm³/mol. The molecule has 0 aliphatic rings. The summed E-state index contributed by atoms with van der Waals surface area (Å²) in [6, 6.07) is 6.53. The Bertz CT molecular complexity index is 357. The first-order valence-electron chi connectivity index (χ1n) is 4.74. The molecule has 80 valence electrons. The first kappa shape index (κ1) is 11.4. The molecule has 4 nitrogen and oxygen atoms in total. The molecule has 0 aromatic heterocycles. The molecular weight excluding hydrogens is 192 g/mol. The molecule has 0 saturated carbocycles. The largest absolute Gasteiger partial charge is 0.351 e. The average molecular weight is 206 g/mol. The molecule has 1 aromatic carbocycles. The van der Waals surface area contributed by atoms with E-state index in [9.17, 15) is 9.59 Å². The van der Waals surface area contributed by atoms with E-state index in [0.717, 1.165) is 0 Å². The molecule has 3 N–H and O–H groups in total. The molecule has 0 bridgehead atoms. The van der Waals surface area contributed by atoms with Crippen molar-refractivity contribution in [1.82, 2.24) is 5.32 Å². The first-order valence-corrected chi connectivity index (χ1v) is 4.74. The van der Waals surface area contributed by atoms with Crippen molar-refractivity contribution in [2.45, 2.75) is 6.92 Å². The topological polar surface area (TPSA) is 72.2 Å². The molecule has 0 heterocycles. The van der Waals surface area contributed by atoms with Gasteiger partial charge in [-0.25, -0.2) is 0 Å². The van der Waals surface area contributed by atoms with Gasteiger partial charge in [-0.15, -0.1) is 0 Å². The van der Waals surface area contributed by atoms with Crippen molar-refractivity contribution in [3.8, 4) is 0 Å². The lowest BCUT2D eigenvalue weighted by atomic mass is 10.1. The molecular formula is C11H14N2O2. The Labute approximate surface area is 88.5 Å². The van der Waals surface area contributed by atoms with Crippen LogP contribution in [0.5, 0.6) is 0 Å². The fraction of sp³-hybridized carbons (Fsp3) is 0.273. The lowest BCUT2D eigenvalue weighted by Gasteiger charge is -2.03. The Hall–Kier alpha value is -1.68.